The highest BCUT2D eigenvalue weighted by Crippen LogP contribution is 2.49. The van der Waals surface area contributed by atoms with Crippen LogP contribution < -0.4 is 10.2 Å². The van der Waals surface area contributed by atoms with Crippen molar-refractivity contribution in [2.45, 2.75) is 6.92 Å². The van der Waals surface area contributed by atoms with E-state index in [1.54, 1.807) is 37.3 Å². The number of aryl methyl sites for hydroxylation is 1. The molecule has 0 amide bonds. The summed E-state index contributed by atoms with van der Waals surface area (Å²) in [4.78, 5) is 13.8. The van der Waals surface area contributed by atoms with E-state index in [4.69, 9.17) is 9.15 Å². The van der Waals surface area contributed by atoms with Crippen LogP contribution in [-0.4, -0.2) is 15.3 Å². The zero-order valence-corrected chi connectivity index (χ0v) is 20.3. The van der Waals surface area contributed by atoms with Crippen LogP contribution in [0.4, 0.5) is 0 Å². The van der Waals surface area contributed by atoms with E-state index in [0.29, 0.717) is 28.4 Å². The van der Waals surface area contributed by atoms with E-state index in [0.717, 1.165) is 10.8 Å². The Balaban J connectivity index is 1.52. The Morgan fingerprint density at radius 3 is 2.00 bits per heavy atom. The molecule has 186 valence electrons. The van der Waals surface area contributed by atoms with Gasteiger partial charge in [0.1, 0.15) is 22.6 Å². The van der Waals surface area contributed by atoms with Crippen LogP contribution >= 0.6 is 0 Å². The molecule has 0 fully saturated rings. The first-order chi connectivity index (χ1) is 18.4. The predicted octanol–water partition coefficient (Wildman–Crippen LogP) is 7.50. The molecule has 0 aliphatic carbocycles. The van der Waals surface area contributed by atoms with Crippen LogP contribution in [-0.2, 0) is 0 Å². The molecule has 0 bridgehead atoms. The summed E-state index contributed by atoms with van der Waals surface area (Å²) in [6.45, 7) is 1.65. The van der Waals surface area contributed by atoms with Gasteiger partial charge in [0, 0.05) is 0 Å². The SMILES string of the molecule is Cc1oc2c(-c3ccc4ccccc4c3)c(O)c(O)c(O)c2c(=O)c1-c1ccc(Oc2ccccc2)cc1. The zero-order chi connectivity index (χ0) is 26.4. The molecule has 1 heterocycles. The van der Waals surface area contributed by atoms with Gasteiger partial charge in [-0.05, 0) is 59.2 Å². The Morgan fingerprint density at radius 1 is 0.632 bits per heavy atom. The average Bonchev–Trinajstić information content (AvgIpc) is 2.93. The van der Waals surface area contributed by atoms with Gasteiger partial charge in [-0.3, -0.25) is 4.79 Å². The number of rotatable bonds is 4. The summed E-state index contributed by atoms with van der Waals surface area (Å²) in [7, 11) is 0. The summed E-state index contributed by atoms with van der Waals surface area (Å²) in [5.74, 6) is -0.515. The molecule has 0 saturated heterocycles. The summed E-state index contributed by atoms with van der Waals surface area (Å²) < 4.78 is 11.9. The van der Waals surface area contributed by atoms with Crippen LogP contribution in [0.25, 0.3) is 44.0 Å². The average molecular weight is 503 g/mol. The zero-order valence-electron chi connectivity index (χ0n) is 20.3. The predicted molar refractivity (Wildman–Crippen MR) is 147 cm³/mol. The van der Waals surface area contributed by atoms with Crippen molar-refractivity contribution in [2.75, 3.05) is 0 Å². The van der Waals surface area contributed by atoms with Gasteiger partial charge < -0.3 is 24.5 Å². The first-order valence-corrected chi connectivity index (χ1v) is 12.0. The minimum absolute atomic E-state index is 0.0108. The molecule has 0 spiro atoms. The number of hydrogen-bond donors (Lipinski definition) is 3. The van der Waals surface area contributed by atoms with Gasteiger partial charge >= 0.3 is 0 Å². The second-order valence-corrected chi connectivity index (χ2v) is 8.99. The van der Waals surface area contributed by atoms with Crippen molar-refractivity contribution in [1.29, 1.82) is 0 Å². The fraction of sp³-hybridized carbons (Fsp3) is 0.0312. The Hall–Kier alpha value is -5.23. The Kier molecular flexibility index (Phi) is 5.50. The Morgan fingerprint density at radius 2 is 1.26 bits per heavy atom. The van der Waals surface area contributed by atoms with Crippen LogP contribution in [0, 0.1) is 6.92 Å². The highest BCUT2D eigenvalue weighted by atomic mass is 16.5. The second-order valence-electron chi connectivity index (χ2n) is 8.99. The third-order valence-electron chi connectivity index (χ3n) is 6.60. The van der Waals surface area contributed by atoms with Gasteiger partial charge in [0.2, 0.25) is 11.2 Å². The monoisotopic (exact) mass is 502 g/mol. The van der Waals surface area contributed by atoms with Gasteiger partial charge in [0.25, 0.3) is 0 Å². The number of phenols is 3. The van der Waals surface area contributed by atoms with E-state index < -0.39 is 22.7 Å². The lowest BCUT2D eigenvalue weighted by atomic mass is 9.95. The van der Waals surface area contributed by atoms with Crippen molar-refractivity contribution < 1.29 is 24.5 Å². The van der Waals surface area contributed by atoms with Crippen molar-refractivity contribution in [3.8, 4) is 51.0 Å². The topological polar surface area (TPSA) is 100 Å². The number of ether oxygens (including phenoxy) is 1. The molecular weight excluding hydrogens is 480 g/mol. The van der Waals surface area contributed by atoms with Crippen molar-refractivity contribution in [3.05, 3.63) is 113 Å². The van der Waals surface area contributed by atoms with Crippen molar-refractivity contribution in [1.82, 2.24) is 0 Å². The fourth-order valence-corrected chi connectivity index (χ4v) is 4.75. The van der Waals surface area contributed by atoms with E-state index in [1.165, 1.54) is 0 Å². The summed E-state index contributed by atoms with van der Waals surface area (Å²) in [6, 6.07) is 29.4. The van der Waals surface area contributed by atoms with Gasteiger partial charge in [-0.25, -0.2) is 0 Å². The van der Waals surface area contributed by atoms with E-state index in [2.05, 4.69) is 0 Å². The second kappa shape index (κ2) is 9.01. The Bertz CT molecular complexity index is 1890. The fourth-order valence-electron chi connectivity index (χ4n) is 4.75. The number of hydrogen-bond acceptors (Lipinski definition) is 6. The number of phenolic OH excluding ortho intramolecular Hbond substituents is 3. The van der Waals surface area contributed by atoms with Crippen LogP contribution in [0.3, 0.4) is 0 Å². The molecule has 6 rings (SSSR count). The number of para-hydroxylation sites is 1. The van der Waals surface area contributed by atoms with E-state index in [1.807, 2.05) is 66.7 Å². The van der Waals surface area contributed by atoms with Crippen LogP contribution in [0.5, 0.6) is 28.7 Å². The molecule has 6 aromatic rings. The molecule has 38 heavy (non-hydrogen) atoms. The largest absolute Gasteiger partial charge is 0.504 e. The van der Waals surface area contributed by atoms with E-state index in [-0.39, 0.29) is 22.1 Å². The van der Waals surface area contributed by atoms with Gasteiger partial charge in [0.15, 0.2) is 17.1 Å². The van der Waals surface area contributed by atoms with Crippen molar-refractivity contribution in [2.24, 2.45) is 0 Å². The summed E-state index contributed by atoms with van der Waals surface area (Å²) in [5, 5.41) is 33.8. The molecule has 0 radical (unpaired) electrons. The lowest BCUT2D eigenvalue weighted by molar-refractivity contribution is 0.371. The maximum absolute atomic E-state index is 13.8. The molecule has 0 unspecified atom stereocenters. The quantitative estimate of drug-likeness (QED) is 0.216. The van der Waals surface area contributed by atoms with Crippen LogP contribution in [0.15, 0.2) is 106 Å². The number of fused-ring (bicyclic) bond motifs is 2. The maximum atomic E-state index is 13.8. The third kappa shape index (κ3) is 3.79. The molecule has 6 heteroatoms. The highest BCUT2D eigenvalue weighted by molar-refractivity contribution is 6.04. The normalized spacial score (nSPS) is 11.2. The molecule has 0 saturated carbocycles. The van der Waals surface area contributed by atoms with Gasteiger partial charge in [-0.15, -0.1) is 0 Å². The van der Waals surface area contributed by atoms with Gasteiger partial charge in [-0.1, -0.05) is 66.7 Å². The molecular formula is C32H22O6. The highest BCUT2D eigenvalue weighted by Gasteiger charge is 2.26. The van der Waals surface area contributed by atoms with E-state index >= 15 is 0 Å². The molecule has 1 aromatic heterocycles. The maximum Gasteiger partial charge on any atom is 0.204 e. The van der Waals surface area contributed by atoms with Crippen LogP contribution in [0.2, 0.25) is 0 Å². The first kappa shape index (κ1) is 23.2. The van der Waals surface area contributed by atoms with Gasteiger partial charge in [-0.2, -0.15) is 0 Å². The molecule has 0 aliphatic heterocycles. The van der Waals surface area contributed by atoms with Crippen molar-refractivity contribution >= 4 is 21.7 Å². The Labute approximate surface area is 217 Å². The standard InChI is InChI=1S/C32H22O6/c1-18-25(20-13-15-24(16-14-20)38-23-9-3-2-4-10-23)28(33)27-30(35)31(36)29(34)26(32(27)37-18)22-12-11-19-7-5-6-8-21(19)17-22/h2-17,34-36H,1H3. The summed E-state index contributed by atoms with van der Waals surface area (Å²) in [6.07, 6.45) is 0. The summed E-state index contributed by atoms with van der Waals surface area (Å²) in [5.41, 5.74) is 0.892. The molecule has 3 N–H and O–H groups in total. The van der Waals surface area contributed by atoms with Gasteiger partial charge in [0.05, 0.1) is 11.1 Å². The lowest BCUT2D eigenvalue weighted by Gasteiger charge is -2.15. The van der Waals surface area contributed by atoms with E-state index in [9.17, 15) is 20.1 Å². The molecule has 0 aliphatic rings. The van der Waals surface area contributed by atoms with Crippen LogP contribution in [0.1, 0.15) is 5.76 Å². The summed E-state index contributed by atoms with van der Waals surface area (Å²) >= 11 is 0. The number of aromatic hydroxyl groups is 3. The molecule has 0 atom stereocenters. The minimum Gasteiger partial charge on any atom is -0.504 e. The molecule has 5 aromatic carbocycles. The molecule has 6 nitrogen and oxygen atoms in total. The lowest BCUT2D eigenvalue weighted by Crippen LogP contribution is -2.08. The third-order valence-corrected chi connectivity index (χ3v) is 6.60. The van der Waals surface area contributed by atoms with Crippen molar-refractivity contribution in [3.63, 3.8) is 0 Å². The first-order valence-electron chi connectivity index (χ1n) is 12.0. The number of benzene rings is 5. The minimum atomic E-state index is -0.783. The smallest absolute Gasteiger partial charge is 0.204 e.